The van der Waals surface area contributed by atoms with Crippen LogP contribution in [0.4, 0.5) is 5.69 Å². The number of rotatable bonds is 4. The van der Waals surface area contributed by atoms with Crippen LogP contribution in [0.3, 0.4) is 0 Å². The molecule has 0 amide bonds. The number of carbonyl (C=O) groups is 1. The Kier molecular flexibility index (Phi) is 3.55. The molecule has 1 aromatic carbocycles. The highest BCUT2D eigenvalue weighted by Gasteiger charge is 2.35. The molecule has 0 aliphatic heterocycles. The summed E-state index contributed by atoms with van der Waals surface area (Å²) < 4.78 is 27.2. The van der Waals surface area contributed by atoms with E-state index in [2.05, 4.69) is 4.72 Å². The molecule has 0 radical (unpaired) electrons. The lowest BCUT2D eigenvalue weighted by Gasteiger charge is -2.12. The highest BCUT2D eigenvalue weighted by Crippen LogP contribution is 2.36. The zero-order chi connectivity index (χ0) is 15.9. The summed E-state index contributed by atoms with van der Waals surface area (Å²) in [5.41, 5.74) is 0.127. The fraction of sp³-hybridized carbons (Fsp3) is 0.154. The number of Topliss-reactive ketones (excluding diaryl/α,β-unsaturated/α-hetero) is 1. The number of nitro benzene ring substituents is 1. The van der Waals surface area contributed by atoms with Gasteiger partial charge in [0.2, 0.25) is 10.0 Å². The highest BCUT2D eigenvalue weighted by atomic mass is 32.2. The number of thiophene rings is 1. The van der Waals surface area contributed by atoms with Gasteiger partial charge in [-0.2, -0.15) is 0 Å². The van der Waals surface area contributed by atoms with Gasteiger partial charge in [-0.05, 0) is 23.1 Å². The summed E-state index contributed by atoms with van der Waals surface area (Å²) in [6.45, 7) is 0. The van der Waals surface area contributed by atoms with Gasteiger partial charge in [0.15, 0.2) is 10.7 Å². The largest absolute Gasteiger partial charge is 0.293 e. The van der Waals surface area contributed by atoms with Gasteiger partial charge in [-0.15, -0.1) is 11.3 Å². The van der Waals surface area contributed by atoms with E-state index in [9.17, 15) is 23.3 Å². The van der Waals surface area contributed by atoms with E-state index >= 15 is 0 Å². The van der Waals surface area contributed by atoms with Gasteiger partial charge >= 0.3 is 0 Å². The summed E-state index contributed by atoms with van der Waals surface area (Å²) >= 11 is 1.26. The fourth-order valence-electron chi connectivity index (χ4n) is 2.40. The number of para-hydroxylation sites is 1. The first kappa shape index (κ1) is 14.8. The van der Waals surface area contributed by atoms with Crippen LogP contribution >= 0.6 is 11.3 Å². The molecule has 1 aliphatic carbocycles. The number of hydrogen-bond donors (Lipinski definition) is 1. The Balaban J connectivity index is 1.97. The Hall–Kier alpha value is -2.10. The van der Waals surface area contributed by atoms with Gasteiger partial charge in [0, 0.05) is 12.5 Å². The summed E-state index contributed by atoms with van der Waals surface area (Å²) in [5, 5.41) is 12.7. The molecule has 114 valence electrons. The lowest BCUT2D eigenvalue weighted by atomic mass is 10.2. The lowest BCUT2D eigenvalue weighted by molar-refractivity contribution is -0.387. The zero-order valence-corrected chi connectivity index (χ0v) is 12.7. The molecule has 1 heterocycles. The van der Waals surface area contributed by atoms with E-state index in [1.54, 1.807) is 11.4 Å². The third-order valence-electron chi connectivity index (χ3n) is 3.36. The smallest absolute Gasteiger partial charge is 0.289 e. The summed E-state index contributed by atoms with van der Waals surface area (Å²) in [7, 11) is -4.10. The van der Waals surface area contributed by atoms with E-state index in [1.807, 2.05) is 0 Å². The minimum Gasteiger partial charge on any atom is -0.293 e. The Bertz CT molecular complexity index is 872. The second-order valence-corrected chi connectivity index (χ2v) is 7.33. The monoisotopic (exact) mass is 338 g/mol. The molecule has 0 bridgehead atoms. The Morgan fingerprint density at radius 2 is 2.00 bits per heavy atom. The van der Waals surface area contributed by atoms with Crippen molar-refractivity contribution in [3.63, 3.8) is 0 Å². The number of nitro groups is 1. The summed E-state index contributed by atoms with van der Waals surface area (Å²) in [6, 6.07) is 6.12. The molecule has 0 saturated heterocycles. The molecular formula is C13H10N2O5S2. The zero-order valence-electron chi connectivity index (χ0n) is 11.1. The summed E-state index contributed by atoms with van der Waals surface area (Å²) in [6.07, 6.45) is 0.0296. The van der Waals surface area contributed by atoms with Crippen LogP contribution in [0.5, 0.6) is 0 Å². The van der Waals surface area contributed by atoms with Crippen LogP contribution in [0.15, 0.2) is 40.6 Å². The maximum absolute atomic E-state index is 12.4. The Morgan fingerprint density at radius 1 is 1.27 bits per heavy atom. The standard InChI is InChI=1S/C13H10N2O5S2/c16-11-7-9(8-5-6-21-13(8)11)14-22(19,20)12-4-2-1-3-10(12)15(17)18/h1-6,9,14H,7H2/t9-/m0/s1. The van der Waals surface area contributed by atoms with Crippen molar-refractivity contribution >= 4 is 32.8 Å². The number of hydrogen-bond acceptors (Lipinski definition) is 6. The first-order valence-corrected chi connectivity index (χ1v) is 8.63. The van der Waals surface area contributed by atoms with Crippen LogP contribution in [0, 0.1) is 10.1 Å². The number of carbonyl (C=O) groups excluding carboxylic acids is 1. The first-order valence-electron chi connectivity index (χ1n) is 6.26. The normalized spacial score (nSPS) is 17.5. The van der Waals surface area contributed by atoms with Crippen LogP contribution in [0.2, 0.25) is 0 Å². The fourth-order valence-corrected chi connectivity index (χ4v) is 4.70. The number of fused-ring (bicyclic) bond motifs is 1. The second kappa shape index (κ2) is 5.27. The van der Waals surface area contributed by atoms with E-state index < -0.39 is 31.6 Å². The van der Waals surface area contributed by atoms with Crippen molar-refractivity contribution < 1.29 is 18.1 Å². The average Bonchev–Trinajstić information content (AvgIpc) is 3.04. The van der Waals surface area contributed by atoms with E-state index in [1.165, 1.54) is 29.5 Å². The van der Waals surface area contributed by atoms with Crippen molar-refractivity contribution in [1.82, 2.24) is 4.72 Å². The molecule has 0 spiro atoms. The third kappa shape index (κ3) is 2.43. The number of sulfonamides is 1. The van der Waals surface area contributed by atoms with Crippen molar-refractivity contribution in [3.05, 3.63) is 56.3 Å². The molecule has 1 aliphatic rings. The van der Waals surface area contributed by atoms with Gasteiger partial charge in [0.25, 0.3) is 5.69 Å². The molecular weight excluding hydrogens is 328 g/mol. The Labute approximate surface area is 129 Å². The minimum absolute atomic E-state index is 0.0296. The predicted octanol–water partition coefficient (Wildman–Crippen LogP) is 2.26. The minimum atomic E-state index is -4.10. The van der Waals surface area contributed by atoms with Crippen molar-refractivity contribution in [2.24, 2.45) is 0 Å². The molecule has 22 heavy (non-hydrogen) atoms. The van der Waals surface area contributed by atoms with E-state index in [0.29, 0.717) is 10.4 Å². The molecule has 0 saturated carbocycles. The van der Waals surface area contributed by atoms with Gasteiger partial charge in [-0.3, -0.25) is 14.9 Å². The average molecular weight is 338 g/mol. The van der Waals surface area contributed by atoms with Gasteiger partial charge in [0.05, 0.1) is 15.8 Å². The first-order chi connectivity index (χ1) is 10.4. The predicted molar refractivity (Wildman–Crippen MR) is 79.4 cm³/mol. The number of benzene rings is 1. The van der Waals surface area contributed by atoms with Gasteiger partial charge in [-0.1, -0.05) is 12.1 Å². The van der Waals surface area contributed by atoms with Crippen LogP contribution < -0.4 is 4.72 Å². The van der Waals surface area contributed by atoms with Crippen LogP contribution in [0.25, 0.3) is 0 Å². The van der Waals surface area contributed by atoms with Crippen LogP contribution in [0.1, 0.15) is 27.7 Å². The molecule has 1 N–H and O–H groups in total. The third-order valence-corrected chi connectivity index (χ3v) is 5.85. The molecule has 0 fully saturated rings. The number of ketones is 1. The molecule has 3 rings (SSSR count). The number of nitrogens with zero attached hydrogens (tertiary/aromatic N) is 1. The molecule has 2 aromatic rings. The summed E-state index contributed by atoms with van der Waals surface area (Å²) in [5.74, 6) is -0.125. The van der Waals surface area contributed by atoms with E-state index in [0.717, 1.165) is 6.07 Å². The van der Waals surface area contributed by atoms with Gasteiger partial charge in [0.1, 0.15) is 0 Å². The van der Waals surface area contributed by atoms with Crippen LogP contribution in [-0.2, 0) is 10.0 Å². The Morgan fingerprint density at radius 3 is 2.73 bits per heavy atom. The van der Waals surface area contributed by atoms with Crippen molar-refractivity contribution in [2.45, 2.75) is 17.4 Å². The van der Waals surface area contributed by atoms with Crippen molar-refractivity contribution in [2.75, 3.05) is 0 Å². The molecule has 1 atom stereocenters. The summed E-state index contributed by atoms with van der Waals surface area (Å²) in [4.78, 5) is 22.2. The van der Waals surface area contributed by atoms with Crippen molar-refractivity contribution in [1.29, 1.82) is 0 Å². The highest BCUT2D eigenvalue weighted by molar-refractivity contribution is 7.89. The van der Waals surface area contributed by atoms with E-state index in [4.69, 9.17) is 0 Å². The molecule has 9 heteroatoms. The topological polar surface area (TPSA) is 106 Å². The maximum atomic E-state index is 12.4. The van der Waals surface area contributed by atoms with Crippen LogP contribution in [-0.4, -0.2) is 19.1 Å². The van der Waals surface area contributed by atoms with Crippen molar-refractivity contribution in [3.8, 4) is 0 Å². The molecule has 7 nitrogen and oxygen atoms in total. The molecule has 1 aromatic heterocycles. The SMILES string of the molecule is O=C1C[C@H](NS(=O)(=O)c2ccccc2[N+](=O)[O-])c2ccsc21. The molecule has 0 unspecified atom stereocenters. The maximum Gasteiger partial charge on any atom is 0.289 e. The quantitative estimate of drug-likeness (QED) is 0.680. The van der Waals surface area contributed by atoms with E-state index in [-0.39, 0.29) is 12.2 Å². The van der Waals surface area contributed by atoms with Gasteiger partial charge < -0.3 is 0 Å². The second-order valence-electron chi connectivity index (χ2n) is 4.73. The lowest BCUT2D eigenvalue weighted by Crippen LogP contribution is -2.28. The van der Waals surface area contributed by atoms with Gasteiger partial charge in [-0.25, -0.2) is 13.1 Å². The number of nitrogens with one attached hydrogen (secondary N) is 1.